The van der Waals surface area contributed by atoms with Crippen LogP contribution >= 0.6 is 0 Å². The van der Waals surface area contributed by atoms with E-state index in [1.54, 1.807) is 18.4 Å². The number of aromatic nitrogens is 2. The van der Waals surface area contributed by atoms with Crippen molar-refractivity contribution in [3.63, 3.8) is 0 Å². The van der Waals surface area contributed by atoms with Gasteiger partial charge >= 0.3 is 0 Å². The third-order valence-corrected chi connectivity index (χ3v) is 5.39. The number of amides is 2. The molecule has 7 nitrogen and oxygen atoms in total. The lowest BCUT2D eigenvalue weighted by Gasteiger charge is -2.17. The Balaban J connectivity index is 1.59. The first-order chi connectivity index (χ1) is 14.0. The number of imidazole rings is 1. The first-order valence-corrected chi connectivity index (χ1v) is 9.82. The standard InChI is InChI=1S/C22H24N4O3/c1-14-7-5-9-17(15(14)2)24-22(28)20-25-19(18-10-3-4-11-26(18)20)21(27)23-13-16-8-6-12-29-16/h5-9,12H,3-4,10-11,13H2,1-2H3,(H,23,27)(H,24,28). The molecule has 3 heterocycles. The summed E-state index contributed by atoms with van der Waals surface area (Å²) in [5.41, 5.74) is 4.02. The van der Waals surface area contributed by atoms with Crippen LogP contribution in [0.2, 0.25) is 0 Å². The van der Waals surface area contributed by atoms with Crippen molar-refractivity contribution in [2.24, 2.45) is 0 Å². The number of carbonyl (C=O) groups excluding carboxylic acids is 2. The Morgan fingerprint density at radius 3 is 2.79 bits per heavy atom. The lowest BCUT2D eigenvalue weighted by Crippen LogP contribution is -2.25. The van der Waals surface area contributed by atoms with Gasteiger partial charge in [-0.15, -0.1) is 0 Å². The van der Waals surface area contributed by atoms with Crippen LogP contribution in [0.3, 0.4) is 0 Å². The highest BCUT2D eigenvalue weighted by Gasteiger charge is 2.27. The van der Waals surface area contributed by atoms with Crippen LogP contribution in [0.1, 0.15) is 56.5 Å². The van der Waals surface area contributed by atoms with E-state index in [1.165, 1.54) is 0 Å². The Hall–Kier alpha value is -3.35. The van der Waals surface area contributed by atoms with Gasteiger partial charge < -0.3 is 19.6 Å². The fourth-order valence-corrected chi connectivity index (χ4v) is 3.63. The smallest absolute Gasteiger partial charge is 0.291 e. The van der Waals surface area contributed by atoms with E-state index < -0.39 is 0 Å². The number of hydrogen-bond acceptors (Lipinski definition) is 4. The number of nitrogens with one attached hydrogen (secondary N) is 2. The lowest BCUT2D eigenvalue weighted by molar-refractivity contribution is 0.0942. The Morgan fingerprint density at radius 2 is 2.00 bits per heavy atom. The minimum atomic E-state index is -0.299. The zero-order valence-corrected chi connectivity index (χ0v) is 16.6. The zero-order chi connectivity index (χ0) is 20.4. The first-order valence-electron chi connectivity index (χ1n) is 9.82. The van der Waals surface area contributed by atoms with E-state index in [0.717, 1.165) is 41.8 Å². The molecular formula is C22H24N4O3. The number of carbonyl (C=O) groups is 2. The maximum Gasteiger partial charge on any atom is 0.291 e. The molecule has 0 aliphatic carbocycles. The predicted molar refractivity (Wildman–Crippen MR) is 109 cm³/mol. The van der Waals surface area contributed by atoms with Gasteiger partial charge in [0.05, 0.1) is 18.5 Å². The molecule has 150 valence electrons. The van der Waals surface area contributed by atoms with Crippen LogP contribution < -0.4 is 10.6 Å². The number of furan rings is 1. The van der Waals surface area contributed by atoms with Gasteiger partial charge in [0.1, 0.15) is 11.5 Å². The van der Waals surface area contributed by atoms with E-state index in [2.05, 4.69) is 15.6 Å². The van der Waals surface area contributed by atoms with Gasteiger partial charge in [-0.05, 0) is 62.4 Å². The Morgan fingerprint density at radius 1 is 1.14 bits per heavy atom. The molecule has 4 rings (SSSR count). The van der Waals surface area contributed by atoms with Gasteiger partial charge in [-0.25, -0.2) is 4.98 Å². The maximum absolute atomic E-state index is 13.0. The number of benzene rings is 1. The fraction of sp³-hybridized carbons (Fsp3) is 0.318. The second-order valence-corrected chi connectivity index (χ2v) is 7.30. The third kappa shape index (κ3) is 3.81. The van der Waals surface area contributed by atoms with Crippen LogP contribution in [0.15, 0.2) is 41.0 Å². The van der Waals surface area contributed by atoms with Gasteiger partial charge in [0.15, 0.2) is 5.82 Å². The normalized spacial score (nSPS) is 13.0. The molecule has 29 heavy (non-hydrogen) atoms. The van der Waals surface area contributed by atoms with Gasteiger partial charge in [-0.3, -0.25) is 9.59 Å². The van der Waals surface area contributed by atoms with Gasteiger partial charge in [-0.2, -0.15) is 0 Å². The van der Waals surface area contributed by atoms with E-state index >= 15 is 0 Å². The van der Waals surface area contributed by atoms with E-state index in [9.17, 15) is 9.59 Å². The summed E-state index contributed by atoms with van der Waals surface area (Å²) in [5, 5.41) is 5.78. The minimum Gasteiger partial charge on any atom is -0.467 e. The highest BCUT2D eigenvalue weighted by atomic mass is 16.3. The number of anilines is 1. The molecule has 0 saturated carbocycles. The second-order valence-electron chi connectivity index (χ2n) is 7.30. The van der Waals surface area contributed by atoms with E-state index in [-0.39, 0.29) is 24.2 Å². The van der Waals surface area contributed by atoms with Crippen molar-refractivity contribution in [2.75, 3.05) is 5.32 Å². The van der Waals surface area contributed by atoms with Crippen LogP contribution in [0, 0.1) is 13.8 Å². The molecule has 0 fully saturated rings. The summed E-state index contributed by atoms with van der Waals surface area (Å²) in [4.78, 5) is 30.2. The first kappa shape index (κ1) is 19.0. The van der Waals surface area contributed by atoms with Crippen molar-refractivity contribution in [1.82, 2.24) is 14.9 Å². The number of aryl methyl sites for hydroxylation is 1. The molecule has 1 aliphatic rings. The third-order valence-electron chi connectivity index (χ3n) is 5.39. The van der Waals surface area contributed by atoms with Gasteiger partial charge in [0.2, 0.25) is 0 Å². The molecule has 1 aromatic carbocycles. The quantitative estimate of drug-likeness (QED) is 0.694. The Kier molecular flexibility index (Phi) is 5.20. The van der Waals surface area contributed by atoms with Crippen molar-refractivity contribution in [3.05, 3.63) is 70.7 Å². The van der Waals surface area contributed by atoms with E-state index in [4.69, 9.17) is 4.42 Å². The molecular weight excluding hydrogens is 368 g/mol. The van der Waals surface area contributed by atoms with Crippen LogP contribution in [0.5, 0.6) is 0 Å². The summed E-state index contributed by atoms with van der Waals surface area (Å²) in [5.74, 6) is 0.354. The van der Waals surface area contributed by atoms with Crippen LogP contribution in [0.4, 0.5) is 5.69 Å². The molecule has 1 aliphatic heterocycles. The zero-order valence-electron chi connectivity index (χ0n) is 16.6. The number of fused-ring (bicyclic) bond motifs is 1. The maximum atomic E-state index is 13.0. The molecule has 0 bridgehead atoms. The van der Waals surface area contributed by atoms with E-state index in [0.29, 0.717) is 18.0 Å². The Labute approximate surface area is 169 Å². The van der Waals surface area contributed by atoms with Crippen molar-refractivity contribution in [2.45, 2.75) is 46.2 Å². The molecule has 3 aromatic rings. The molecule has 0 radical (unpaired) electrons. The van der Waals surface area contributed by atoms with E-state index in [1.807, 2.05) is 36.6 Å². The molecule has 7 heteroatoms. The molecule has 0 saturated heterocycles. The highest BCUT2D eigenvalue weighted by molar-refractivity contribution is 6.04. The molecule has 0 atom stereocenters. The molecule has 2 aromatic heterocycles. The van der Waals surface area contributed by atoms with Gasteiger partial charge in [0, 0.05) is 12.2 Å². The van der Waals surface area contributed by atoms with Crippen molar-refractivity contribution in [3.8, 4) is 0 Å². The van der Waals surface area contributed by atoms with Gasteiger partial charge in [-0.1, -0.05) is 12.1 Å². The number of hydrogen-bond donors (Lipinski definition) is 2. The largest absolute Gasteiger partial charge is 0.467 e. The van der Waals surface area contributed by atoms with Crippen LogP contribution in [-0.4, -0.2) is 21.4 Å². The van der Waals surface area contributed by atoms with Crippen molar-refractivity contribution in [1.29, 1.82) is 0 Å². The molecule has 2 amide bonds. The average Bonchev–Trinajstić information content (AvgIpc) is 3.37. The summed E-state index contributed by atoms with van der Waals surface area (Å²) in [6.07, 6.45) is 4.23. The summed E-state index contributed by atoms with van der Waals surface area (Å²) in [7, 11) is 0. The number of rotatable bonds is 5. The molecule has 0 spiro atoms. The summed E-state index contributed by atoms with van der Waals surface area (Å²) in [6.45, 7) is 4.94. The lowest BCUT2D eigenvalue weighted by atomic mass is 10.1. The van der Waals surface area contributed by atoms with Crippen molar-refractivity contribution < 1.29 is 14.0 Å². The van der Waals surface area contributed by atoms with Crippen molar-refractivity contribution >= 4 is 17.5 Å². The predicted octanol–water partition coefficient (Wildman–Crippen LogP) is 3.61. The topological polar surface area (TPSA) is 89.2 Å². The highest BCUT2D eigenvalue weighted by Crippen LogP contribution is 2.23. The fourth-order valence-electron chi connectivity index (χ4n) is 3.63. The monoisotopic (exact) mass is 392 g/mol. The molecule has 0 unspecified atom stereocenters. The van der Waals surface area contributed by atoms with Crippen LogP contribution in [0.25, 0.3) is 0 Å². The summed E-state index contributed by atoms with van der Waals surface area (Å²) < 4.78 is 7.14. The summed E-state index contributed by atoms with van der Waals surface area (Å²) in [6, 6.07) is 9.36. The SMILES string of the molecule is Cc1cccc(NC(=O)c2nc(C(=O)NCc3ccco3)c3n2CCCC3)c1C. The summed E-state index contributed by atoms with van der Waals surface area (Å²) >= 11 is 0. The minimum absolute atomic E-state index is 0.280. The number of nitrogens with zero attached hydrogens (tertiary/aromatic N) is 2. The average molecular weight is 392 g/mol. The second kappa shape index (κ2) is 7.95. The van der Waals surface area contributed by atoms with Crippen LogP contribution in [-0.2, 0) is 19.5 Å². The molecule has 2 N–H and O–H groups in total. The Bertz CT molecular complexity index is 1050. The van der Waals surface area contributed by atoms with Gasteiger partial charge in [0.25, 0.3) is 11.8 Å².